The van der Waals surface area contributed by atoms with Crippen molar-refractivity contribution in [2.75, 3.05) is 12.3 Å². The smallest absolute Gasteiger partial charge is 0.315 e. The molecule has 1 saturated carbocycles. The monoisotopic (exact) mass is 498 g/mol. The number of hydrogen-bond acceptors (Lipinski definition) is 5. The van der Waals surface area contributed by atoms with Crippen LogP contribution in [0.2, 0.25) is 0 Å². The number of anilines is 1. The van der Waals surface area contributed by atoms with Gasteiger partial charge in [0.2, 0.25) is 0 Å². The topological polar surface area (TPSA) is 107 Å². The highest BCUT2D eigenvalue weighted by molar-refractivity contribution is 6.00. The van der Waals surface area contributed by atoms with Crippen molar-refractivity contribution < 1.29 is 9.53 Å². The summed E-state index contributed by atoms with van der Waals surface area (Å²) in [7, 11) is 0. The summed E-state index contributed by atoms with van der Waals surface area (Å²) in [5.74, 6) is 1.27. The molecule has 0 spiro atoms. The van der Waals surface area contributed by atoms with E-state index in [0.29, 0.717) is 19.0 Å². The van der Waals surface area contributed by atoms with Crippen LogP contribution in [-0.4, -0.2) is 33.2 Å². The fourth-order valence-corrected chi connectivity index (χ4v) is 5.07. The fourth-order valence-electron chi connectivity index (χ4n) is 5.07. The number of nitrogens with zero attached hydrogens (tertiary/aromatic N) is 3. The number of nitrogens with two attached hydrogens (primary N) is 1. The number of aromatic nitrogens is 3. The normalized spacial score (nSPS) is 17.4. The first kappa shape index (κ1) is 24.6. The Labute approximate surface area is 217 Å². The van der Waals surface area contributed by atoms with Crippen LogP contribution in [-0.2, 0) is 6.61 Å². The van der Waals surface area contributed by atoms with Gasteiger partial charge in [-0.3, -0.25) is 0 Å². The first-order chi connectivity index (χ1) is 18.1. The van der Waals surface area contributed by atoms with E-state index in [1.165, 1.54) is 6.33 Å². The minimum atomic E-state index is -0.0751. The second-order valence-corrected chi connectivity index (χ2v) is 9.62. The van der Waals surface area contributed by atoms with Gasteiger partial charge in [0.1, 0.15) is 30.1 Å². The van der Waals surface area contributed by atoms with Gasteiger partial charge < -0.3 is 25.7 Å². The summed E-state index contributed by atoms with van der Waals surface area (Å²) in [6.07, 6.45) is 8.35. The van der Waals surface area contributed by atoms with Gasteiger partial charge in [0.05, 0.1) is 5.39 Å². The summed E-state index contributed by atoms with van der Waals surface area (Å²) in [5.41, 5.74) is 10.4. The largest absolute Gasteiger partial charge is 0.489 e. The van der Waals surface area contributed by atoms with Gasteiger partial charge in [0, 0.05) is 30.4 Å². The molecule has 8 heteroatoms. The first-order valence-corrected chi connectivity index (χ1v) is 13.0. The number of amides is 2. The van der Waals surface area contributed by atoms with Crippen molar-refractivity contribution in [3.8, 4) is 16.9 Å². The molecular weight excluding hydrogens is 464 g/mol. The van der Waals surface area contributed by atoms with Gasteiger partial charge in [-0.1, -0.05) is 49.4 Å². The Hall–Kier alpha value is -4.07. The highest BCUT2D eigenvalue weighted by Crippen LogP contribution is 2.38. The second kappa shape index (κ2) is 11.3. The molecule has 0 unspecified atom stereocenters. The number of nitrogen functional groups attached to an aromatic ring is 1. The molecule has 0 bridgehead atoms. The van der Waals surface area contributed by atoms with Crippen LogP contribution >= 0.6 is 0 Å². The lowest BCUT2D eigenvalue weighted by atomic mass is 9.91. The number of rotatable bonds is 8. The van der Waals surface area contributed by atoms with Gasteiger partial charge in [-0.15, -0.1) is 0 Å². The summed E-state index contributed by atoms with van der Waals surface area (Å²) < 4.78 is 8.32. The number of carbonyl (C=O) groups excluding carboxylic acids is 1. The zero-order valence-corrected chi connectivity index (χ0v) is 21.2. The number of fused-ring (bicyclic) bond motifs is 1. The molecule has 0 radical (unpaired) electrons. The third-order valence-electron chi connectivity index (χ3n) is 6.99. The van der Waals surface area contributed by atoms with E-state index in [9.17, 15) is 4.79 Å². The van der Waals surface area contributed by atoms with Gasteiger partial charge in [-0.25, -0.2) is 14.8 Å². The summed E-state index contributed by atoms with van der Waals surface area (Å²) in [5, 5.41) is 6.88. The lowest BCUT2D eigenvalue weighted by Crippen LogP contribution is -2.43. The maximum absolute atomic E-state index is 12.1. The Morgan fingerprint density at radius 2 is 1.89 bits per heavy atom. The fraction of sp³-hybridized carbons (Fsp3) is 0.345. The molecule has 1 fully saturated rings. The van der Waals surface area contributed by atoms with Gasteiger partial charge >= 0.3 is 6.03 Å². The van der Waals surface area contributed by atoms with E-state index in [1.54, 1.807) is 0 Å². The Balaban J connectivity index is 1.36. The summed E-state index contributed by atoms with van der Waals surface area (Å²) in [6.45, 7) is 3.25. The van der Waals surface area contributed by atoms with Crippen LogP contribution in [0.15, 0.2) is 67.1 Å². The van der Waals surface area contributed by atoms with Crippen molar-refractivity contribution in [1.82, 2.24) is 25.2 Å². The van der Waals surface area contributed by atoms with Gasteiger partial charge in [-0.2, -0.15) is 0 Å². The van der Waals surface area contributed by atoms with Crippen molar-refractivity contribution in [2.45, 2.75) is 57.7 Å². The predicted octanol–water partition coefficient (Wildman–Crippen LogP) is 5.45. The molecule has 192 valence electrons. The summed E-state index contributed by atoms with van der Waals surface area (Å²) in [4.78, 5) is 21.0. The zero-order chi connectivity index (χ0) is 25.6. The lowest BCUT2D eigenvalue weighted by Gasteiger charge is -2.30. The van der Waals surface area contributed by atoms with Crippen molar-refractivity contribution in [1.29, 1.82) is 0 Å². The number of urea groups is 1. The van der Waals surface area contributed by atoms with Crippen LogP contribution in [0.1, 0.15) is 50.6 Å². The van der Waals surface area contributed by atoms with Crippen LogP contribution < -0.4 is 21.1 Å². The molecule has 2 aromatic heterocycles. The molecule has 1 aliphatic carbocycles. The van der Waals surface area contributed by atoms with Crippen molar-refractivity contribution >= 4 is 22.9 Å². The minimum absolute atomic E-state index is 0.0751. The van der Waals surface area contributed by atoms with Crippen molar-refractivity contribution in [3.63, 3.8) is 0 Å². The van der Waals surface area contributed by atoms with E-state index < -0.39 is 0 Å². The zero-order valence-electron chi connectivity index (χ0n) is 21.2. The second-order valence-electron chi connectivity index (χ2n) is 9.62. The number of benzene rings is 2. The standard InChI is InChI=1S/C29H34N6O2/c1-2-15-31-29(36)34-22-11-13-23(14-12-22)35-17-25(26-27(30)32-19-33-28(26)35)21-9-6-10-24(16-21)37-18-20-7-4-3-5-8-20/h3-10,16-17,19,22-23H,2,11-15,18H2,1H3,(H2,30,32,33)(H2,31,34,36). The Morgan fingerprint density at radius 1 is 1.08 bits per heavy atom. The molecule has 0 saturated heterocycles. The van der Waals surface area contributed by atoms with E-state index in [-0.39, 0.29) is 18.1 Å². The maximum atomic E-state index is 12.1. The predicted molar refractivity (Wildman–Crippen MR) is 146 cm³/mol. The maximum Gasteiger partial charge on any atom is 0.315 e. The molecule has 0 atom stereocenters. The molecule has 5 rings (SSSR count). The van der Waals surface area contributed by atoms with Gasteiger partial charge in [-0.05, 0) is 55.4 Å². The number of nitrogens with one attached hydrogen (secondary N) is 2. The Kier molecular flexibility index (Phi) is 7.54. The lowest BCUT2D eigenvalue weighted by molar-refractivity contribution is 0.227. The molecule has 8 nitrogen and oxygen atoms in total. The molecule has 4 aromatic rings. The van der Waals surface area contributed by atoms with Gasteiger partial charge in [0.15, 0.2) is 0 Å². The SMILES string of the molecule is CCCNC(=O)NC1CCC(n2cc(-c3cccc(OCc4ccccc4)c3)c3c(N)ncnc32)CC1. The van der Waals surface area contributed by atoms with Crippen LogP contribution in [0.25, 0.3) is 22.2 Å². The van der Waals surface area contributed by atoms with Crippen molar-refractivity contribution in [2.24, 2.45) is 0 Å². The minimum Gasteiger partial charge on any atom is -0.489 e. The quantitative estimate of drug-likeness (QED) is 0.299. The highest BCUT2D eigenvalue weighted by atomic mass is 16.5. The van der Waals surface area contributed by atoms with Gasteiger partial charge in [0.25, 0.3) is 0 Å². The third-order valence-corrected chi connectivity index (χ3v) is 6.99. The Bertz CT molecular complexity index is 1350. The first-order valence-electron chi connectivity index (χ1n) is 13.0. The van der Waals surface area contributed by atoms with Crippen LogP contribution in [0.3, 0.4) is 0 Å². The molecule has 2 heterocycles. The van der Waals surface area contributed by atoms with E-state index in [2.05, 4.69) is 49.6 Å². The molecular formula is C29H34N6O2. The molecule has 37 heavy (non-hydrogen) atoms. The van der Waals surface area contributed by atoms with E-state index in [0.717, 1.165) is 65.6 Å². The van der Waals surface area contributed by atoms with E-state index >= 15 is 0 Å². The van der Waals surface area contributed by atoms with Crippen molar-refractivity contribution in [3.05, 3.63) is 72.7 Å². The number of ether oxygens (including phenoxy) is 1. The number of carbonyl (C=O) groups is 1. The van der Waals surface area contributed by atoms with E-state index in [4.69, 9.17) is 10.5 Å². The van der Waals surface area contributed by atoms with E-state index in [1.807, 2.05) is 43.3 Å². The average Bonchev–Trinajstić information content (AvgIpc) is 3.33. The summed E-state index contributed by atoms with van der Waals surface area (Å²) >= 11 is 0. The molecule has 1 aliphatic rings. The average molecular weight is 499 g/mol. The number of hydrogen-bond donors (Lipinski definition) is 3. The summed E-state index contributed by atoms with van der Waals surface area (Å²) in [6, 6.07) is 18.6. The van der Waals surface area contributed by atoms with Crippen LogP contribution in [0.4, 0.5) is 10.6 Å². The molecule has 0 aliphatic heterocycles. The molecule has 4 N–H and O–H groups in total. The van der Waals surface area contributed by atoms with Crippen LogP contribution in [0, 0.1) is 0 Å². The molecule has 2 amide bonds. The highest BCUT2D eigenvalue weighted by Gasteiger charge is 2.26. The van der Waals surface area contributed by atoms with Crippen LogP contribution in [0.5, 0.6) is 5.75 Å². The molecule has 2 aromatic carbocycles. The Morgan fingerprint density at radius 3 is 2.68 bits per heavy atom. The third kappa shape index (κ3) is 5.69.